The quantitative estimate of drug-likeness (QED) is 0.434. The molecular weight excluding hydrogens is 112 g/mol. The summed E-state index contributed by atoms with van der Waals surface area (Å²) in [4.78, 5) is 0. The minimum atomic E-state index is 0.731. The lowest BCUT2D eigenvalue weighted by Crippen LogP contribution is -2.27. The number of unbranched alkanes of at least 4 members (excludes halogenated alkanes) is 1. The second kappa shape index (κ2) is 6.05. The van der Waals surface area contributed by atoms with Crippen LogP contribution in [0.3, 0.4) is 0 Å². The number of nitrogens with two attached hydrogens (primary N) is 1. The second-order valence-electron chi connectivity index (χ2n) is 2.66. The molecule has 0 aliphatic carbocycles. The number of hydrazine groups is 1. The Morgan fingerprint density at radius 1 is 1.56 bits per heavy atom. The lowest BCUT2D eigenvalue weighted by atomic mass is 10.1. The fourth-order valence-electron chi connectivity index (χ4n) is 0.856. The van der Waals surface area contributed by atoms with Crippen LogP contribution in [0.15, 0.2) is 0 Å². The highest BCUT2D eigenvalue weighted by Gasteiger charge is 1.97. The third-order valence-corrected chi connectivity index (χ3v) is 1.52. The van der Waals surface area contributed by atoms with E-state index in [-0.39, 0.29) is 0 Å². The zero-order valence-corrected chi connectivity index (χ0v) is 6.48. The fraction of sp³-hybridized carbons (Fsp3) is 1.00. The number of hydrogen-bond acceptors (Lipinski definition) is 2. The van der Waals surface area contributed by atoms with E-state index >= 15 is 0 Å². The van der Waals surface area contributed by atoms with Crippen LogP contribution in [0.1, 0.15) is 33.1 Å². The lowest BCUT2D eigenvalue weighted by molar-refractivity contribution is 0.471. The molecular formula is C7H18N2. The first-order valence-electron chi connectivity index (χ1n) is 3.74. The summed E-state index contributed by atoms with van der Waals surface area (Å²) < 4.78 is 0. The van der Waals surface area contributed by atoms with Gasteiger partial charge in [-0.25, -0.2) is 0 Å². The maximum Gasteiger partial charge on any atom is 0.0123 e. The van der Waals surface area contributed by atoms with E-state index in [0.29, 0.717) is 0 Å². The fourth-order valence-corrected chi connectivity index (χ4v) is 0.856. The average molecular weight is 130 g/mol. The van der Waals surface area contributed by atoms with Gasteiger partial charge in [0, 0.05) is 6.54 Å². The van der Waals surface area contributed by atoms with Gasteiger partial charge in [-0.15, -0.1) is 0 Å². The molecule has 0 aromatic rings. The summed E-state index contributed by atoms with van der Waals surface area (Å²) in [6.07, 6.45) is 3.90. The summed E-state index contributed by atoms with van der Waals surface area (Å²) in [6.45, 7) is 5.37. The molecule has 2 heteroatoms. The summed E-state index contributed by atoms with van der Waals surface area (Å²) in [5, 5.41) is 0. The predicted molar refractivity (Wildman–Crippen MR) is 40.9 cm³/mol. The SMILES string of the molecule is CCCCC(C)CNN. The minimum Gasteiger partial charge on any atom is -0.271 e. The van der Waals surface area contributed by atoms with Crippen molar-refractivity contribution in [2.24, 2.45) is 11.8 Å². The van der Waals surface area contributed by atoms with Crippen molar-refractivity contribution in [1.82, 2.24) is 5.43 Å². The molecule has 0 aromatic carbocycles. The highest BCUT2D eigenvalue weighted by molar-refractivity contribution is 4.52. The molecule has 2 nitrogen and oxygen atoms in total. The Hall–Kier alpha value is -0.0800. The van der Waals surface area contributed by atoms with Crippen molar-refractivity contribution < 1.29 is 0 Å². The largest absolute Gasteiger partial charge is 0.271 e. The second-order valence-corrected chi connectivity index (χ2v) is 2.66. The van der Waals surface area contributed by atoms with Gasteiger partial charge in [-0.3, -0.25) is 11.3 Å². The van der Waals surface area contributed by atoms with Gasteiger partial charge in [0.25, 0.3) is 0 Å². The molecule has 0 fully saturated rings. The van der Waals surface area contributed by atoms with Crippen LogP contribution in [0.4, 0.5) is 0 Å². The van der Waals surface area contributed by atoms with Gasteiger partial charge in [0.05, 0.1) is 0 Å². The Labute approximate surface area is 57.8 Å². The Kier molecular flexibility index (Phi) is 5.99. The first kappa shape index (κ1) is 8.92. The molecule has 0 bridgehead atoms. The van der Waals surface area contributed by atoms with E-state index in [1.165, 1.54) is 19.3 Å². The van der Waals surface area contributed by atoms with Gasteiger partial charge < -0.3 is 0 Å². The van der Waals surface area contributed by atoms with E-state index in [0.717, 1.165) is 12.5 Å². The molecule has 56 valence electrons. The van der Waals surface area contributed by atoms with Crippen molar-refractivity contribution in [3.63, 3.8) is 0 Å². The standard InChI is InChI=1S/C7H18N2/c1-3-4-5-7(2)6-9-8/h7,9H,3-6,8H2,1-2H3. The van der Waals surface area contributed by atoms with Gasteiger partial charge in [0.15, 0.2) is 0 Å². The van der Waals surface area contributed by atoms with Crippen molar-refractivity contribution in [3.05, 3.63) is 0 Å². The number of hydrogen-bond donors (Lipinski definition) is 2. The predicted octanol–water partition coefficient (Wildman–Crippen LogP) is 1.28. The molecule has 0 rings (SSSR count). The van der Waals surface area contributed by atoms with Gasteiger partial charge in [0.1, 0.15) is 0 Å². The normalized spacial score (nSPS) is 13.7. The smallest absolute Gasteiger partial charge is 0.0123 e. The molecule has 0 saturated heterocycles. The molecule has 0 saturated carbocycles. The zero-order chi connectivity index (χ0) is 7.11. The Morgan fingerprint density at radius 3 is 2.67 bits per heavy atom. The lowest BCUT2D eigenvalue weighted by Gasteiger charge is -2.07. The highest BCUT2D eigenvalue weighted by atomic mass is 15.2. The highest BCUT2D eigenvalue weighted by Crippen LogP contribution is 2.04. The molecule has 0 radical (unpaired) electrons. The molecule has 0 heterocycles. The van der Waals surface area contributed by atoms with Crippen LogP contribution in [-0.2, 0) is 0 Å². The van der Waals surface area contributed by atoms with Crippen molar-refractivity contribution in [2.45, 2.75) is 33.1 Å². The molecule has 0 aliphatic heterocycles. The Morgan fingerprint density at radius 2 is 2.22 bits per heavy atom. The maximum atomic E-state index is 5.15. The van der Waals surface area contributed by atoms with Gasteiger partial charge >= 0.3 is 0 Å². The third kappa shape index (κ3) is 5.80. The Bertz CT molecular complexity index is 54.9. The van der Waals surface area contributed by atoms with Gasteiger partial charge in [-0.05, 0) is 12.3 Å². The van der Waals surface area contributed by atoms with E-state index < -0.39 is 0 Å². The van der Waals surface area contributed by atoms with Crippen molar-refractivity contribution >= 4 is 0 Å². The van der Waals surface area contributed by atoms with Crippen LogP contribution < -0.4 is 11.3 Å². The summed E-state index contributed by atoms with van der Waals surface area (Å²) in [5.74, 6) is 5.88. The topological polar surface area (TPSA) is 38.0 Å². The first-order valence-corrected chi connectivity index (χ1v) is 3.74. The molecule has 0 aromatic heterocycles. The van der Waals surface area contributed by atoms with Crippen LogP contribution in [0.5, 0.6) is 0 Å². The van der Waals surface area contributed by atoms with E-state index in [1.54, 1.807) is 0 Å². The third-order valence-electron chi connectivity index (χ3n) is 1.52. The van der Waals surface area contributed by atoms with Crippen molar-refractivity contribution in [3.8, 4) is 0 Å². The van der Waals surface area contributed by atoms with Crippen LogP contribution in [-0.4, -0.2) is 6.54 Å². The molecule has 1 unspecified atom stereocenters. The summed E-state index contributed by atoms with van der Waals surface area (Å²) >= 11 is 0. The van der Waals surface area contributed by atoms with E-state index in [4.69, 9.17) is 5.84 Å². The molecule has 1 atom stereocenters. The van der Waals surface area contributed by atoms with Crippen LogP contribution in [0.25, 0.3) is 0 Å². The summed E-state index contributed by atoms with van der Waals surface area (Å²) in [5.41, 5.74) is 2.68. The molecule has 0 amide bonds. The summed E-state index contributed by atoms with van der Waals surface area (Å²) in [6, 6.07) is 0. The van der Waals surface area contributed by atoms with Crippen LogP contribution in [0.2, 0.25) is 0 Å². The van der Waals surface area contributed by atoms with E-state index in [2.05, 4.69) is 19.3 Å². The van der Waals surface area contributed by atoms with E-state index in [9.17, 15) is 0 Å². The monoisotopic (exact) mass is 130 g/mol. The van der Waals surface area contributed by atoms with Crippen molar-refractivity contribution in [2.75, 3.05) is 6.54 Å². The molecule has 0 spiro atoms. The summed E-state index contributed by atoms with van der Waals surface area (Å²) in [7, 11) is 0. The molecule has 9 heavy (non-hydrogen) atoms. The Balaban J connectivity index is 2.95. The first-order chi connectivity index (χ1) is 4.31. The average Bonchev–Trinajstić information content (AvgIpc) is 1.85. The maximum absolute atomic E-state index is 5.15. The molecule has 0 aliphatic rings. The minimum absolute atomic E-state index is 0.731. The van der Waals surface area contributed by atoms with Crippen LogP contribution >= 0.6 is 0 Å². The van der Waals surface area contributed by atoms with Gasteiger partial charge in [-0.1, -0.05) is 26.7 Å². The number of rotatable bonds is 5. The number of nitrogens with one attached hydrogen (secondary N) is 1. The van der Waals surface area contributed by atoms with Crippen molar-refractivity contribution in [1.29, 1.82) is 0 Å². The zero-order valence-electron chi connectivity index (χ0n) is 6.48. The van der Waals surface area contributed by atoms with Gasteiger partial charge in [0.2, 0.25) is 0 Å². The van der Waals surface area contributed by atoms with Gasteiger partial charge in [-0.2, -0.15) is 0 Å². The molecule has 3 N–H and O–H groups in total. The van der Waals surface area contributed by atoms with E-state index in [1.807, 2.05) is 0 Å². The van der Waals surface area contributed by atoms with Crippen LogP contribution in [0, 0.1) is 5.92 Å².